The third-order valence-corrected chi connectivity index (χ3v) is 3.13. The molecule has 0 fully saturated rings. The lowest BCUT2D eigenvalue weighted by Crippen LogP contribution is -2.27. The van der Waals surface area contributed by atoms with E-state index in [0.717, 1.165) is 37.2 Å². The van der Waals surface area contributed by atoms with Crippen molar-refractivity contribution in [3.63, 3.8) is 0 Å². The number of hydrogen-bond acceptors (Lipinski definition) is 2. The van der Waals surface area contributed by atoms with Crippen molar-refractivity contribution in [2.24, 2.45) is 5.73 Å². The number of nitrogens with two attached hydrogens (primary N) is 1. The minimum absolute atomic E-state index is 0.147. The van der Waals surface area contributed by atoms with Gasteiger partial charge in [-0.15, -0.1) is 0 Å². The Morgan fingerprint density at radius 2 is 1.78 bits per heavy atom. The minimum atomic E-state index is -0.168. The van der Waals surface area contributed by atoms with E-state index in [1.165, 1.54) is 0 Å². The van der Waals surface area contributed by atoms with E-state index in [4.69, 9.17) is 5.73 Å². The van der Waals surface area contributed by atoms with Crippen LogP contribution in [0.15, 0.2) is 12.1 Å². The van der Waals surface area contributed by atoms with Gasteiger partial charge in [0.25, 0.3) is 0 Å². The van der Waals surface area contributed by atoms with Gasteiger partial charge in [-0.1, -0.05) is 13.8 Å². The molecule has 102 valence electrons. The summed E-state index contributed by atoms with van der Waals surface area (Å²) in [5.41, 5.74) is 8.65. The highest BCUT2D eigenvalue weighted by Gasteiger charge is 2.15. The van der Waals surface area contributed by atoms with Gasteiger partial charge in [-0.3, -0.25) is 0 Å². The molecular formula is C15H25FN2. The average molecular weight is 252 g/mol. The molecule has 0 amide bonds. The molecule has 0 aromatic heterocycles. The highest BCUT2D eigenvalue weighted by Crippen LogP contribution is 2.28. The Balaban J connectivity index is 3.21. The van der Waals surface area contributed by atoms with Crippen LogP contribution in [0.4, 0.5) is 10.1 Å². The normalized spacial score (nSPS) is 12.6. The molecule has 1 atom stereocenters. The smallest absolute Gasteiger partial charge is 0.126 e. The van der Waals surface area contributed by atoms with E-state index in [9.17, 15) is 4.39 Å². The van der Waals surface area contributed by atoms with Gasteiger partial charge in [0, 0.05) is 24.8 Å². The van der Waals surface area contributed by atoms with Gasteiger partial charge in [0.15, 0.2) is 0 Å². The first-order chi connectivity index (χ1) is 8.51. The standard InChI is InChI=1S/C15H25FN2/c1-5-7-18(8-6-2)15-9-11(3)14(16)10-13(15)12(4)17/h9-10,12H,5-8,17H2,1-4H3. The summed E-state index contributed by atoms with van der Waals surface area (Å²) < 4.78 is 13.7. The van der Waals surface area contributed by atoms with Crippen LogP contribution in [0.2, 0.25) is 0 Å². The number of nitrogens with zero attached hydrogens (tertiary/aromatic N) is 1. The fourth-order valence-corrected chi connectivity index (χ4v) is 2.21. The van der Waals surface area contributed by atoms with Gasteiger partial charge in [-0.25, -0.2) is 4.39 Å². The maximum atomic E-state index is 13.7. The number of anilines is 1. The summed E-state index contributed by atoms with van der Waals surface area (Å²) in [4.78, 5) is 2.31. The van der Waals surface area contributed by atoms with E-state index in [1.54, 1.807) is 13.0 Å². The van der Waals surface area contributed by atoms with Crippen LogP contribution < -0.4 is 10.6 Å². The highest BCUT2D eigenvalue weighted by molar-refractivity contribution is 5.57. The second-order valence-electron chi connectivity index (χ2n) is 4.94. The van der Waals surface area contributed by atoms with Crippen molar-refractivity contribution >= 4 is 5.69 Å². The SMILES string of the molecule is CCCN(CCC)c1cc(C)c(F)cc1C(C)N. The lowest BCUT2D eigenvalue weighted by molar-refractivity contribution is 0.611. The zero-order valence-corrected chi connectivity index (χ0v) is 12.0. The van der Waals surface area contributed by atoms with Crippen LogP contribution in [0.5, 0.6) is 0 Å². The first kappa shape index (κ1) is 15.0. The van der Waals surface area contributed by atoms with Crippen LogP contribution in [-0.2, 0) is 0 Å². The number of benzene rings is 1. The number of aryl methyl sites for hydroxylation is 1. The molecule has 1 unspecified atom stereocenters. The minimum Gasteiger partial charge on any atom is -0.371 e. The van der Waals surface area contributed by atoms with Gasteiger partial charge in [0.2, 0.25) is 0 Å². The highest BCUT2D eigenvalue weighted by atomic mass is 19.1. The van der Waals surface area contributed by atoms with Crippen molar-refractivity contribution in [1.82, 2.24) is 0 Å². The quantitative estimate of drug-likeness (QED) is 0.835. The van der Waals surface area contributed by atoms with Crippen molar-refractivity contribution in [3.05, 3.63) is 29.1 Å². The molecule has 0 spiro atoms. The predicted octanol–water partition coefficient (Wildman–Crippen LogP) is 3.78. The molecule has 0 saturated heterocycles. The van der Waals surface area contributed by atoms with Gasteiger partial charge in [-0.05, 0) is 49.9 Å². The van der Waals surface area contributed by atoms with Gasteiger partial charge in [-0.2, -0.15) is 0 Å². The molecule has 0 heterocycles. The largest absolute Gasteiger partial charge is 0.371 e. The monoisotopic (exact) mass is 252 g/mol. The van der Waals surface area contributed by atoms with Crippen molar-refractivity contribution < 1.29 is 4.39 Å². The lowest BCUT2D eigenvalue weighted by Gasteiger charge is -2.28. The van der Waals surface area contributed by atoms with Gasteiger partial charge in [0.1, 0.15) is 5.82 Å². The molecule has 1 aromatic rings. The maximum Gasteiger partial charge on any atom is 0.126 e. The summed E-state index contributed by atoms with van der Waals surface area (Å²) in [7, 11) is 0. The van der Waals surface area contributed by atoms with E-state index in [2.05, 4.69) is 18.7 Å². The summed E-state index contributed by atoms with van der Waals surface area (Å²) in [6.07, 6.45) is 2.16. The second kappa shape index (κ2) is 6.74. The third kappa shape index (κ3) is 3.45. The Bertz CT molecular complexity index is 382. The van der Waals surface area contributed by atoms with Crippen LogP contribution in [0, 0.1) is 12.7 Å². The maximum absolute atomic E-state index is 13.7. The summed E-state index contributed by atoms with van der Waals surface area (Å²) in [6.45, 7) is 10.00. The molecule has 1 aromatic carbocycles. The summed E-state index contributed by atoms with van der Waals surface area (Å²) in [6, 6.07) is 3.37. The molecule has 2 N–H and O–H groups in total. The van der Waals surface area contributed by atoms with Crippen molar-refractivity contribution in [3.8, 4) is 0 Å². The van der Waals surface area contributed by atoms with Crippen LogP contribution in [0.1, 0.15) is 50.8 Å². The van der Waals surface area contributed by atoms with Crippen LogP contribution in [-0.4, -0.2) is 13.1 Å². The Morgan fingerprint density at radius 3 is 2.22 bits per heavy atom. The van der Waals surface area contributed by atoms with Crippen molar-refractivity contribution in [1.29, 1.82) is 0 Å². The number of halogens is 1. The predicted molar refractivity (Wildman–Crippen MR) is 76.5 cm³/mol. The zero-order chi connectivity index (χ0) is 13.7. The topological polar surface area (TPSA) is 29.3 Å². The molecule has 0 aliphatic heterocycles. The first-order valence-corrected chi connectivity index (χ1v) is 6.81. The van der Waals surface area contributed by atoms with Gasteiger partial charge >= 0.3 is 0 Å². The molecule has 3 heteroatoms. The Hall–Kier alpha value is -1.09. The van der Waals surface area contributed by atoms with Gasteiger partial charge < -0.3 is 10.6 Å². The summed E-state index contributed by atoms with van der Waals surface area (Å²) in [5.74, 6) is -0.168. The molecule has 0 saturated carbocycles. The molecule has 0 aliphatic rings. The number of rotatable bonds is 6. The van der Waals surface area contributed by atoms with E-state index < -0.39 is 0 Å². The number of hydrogen-bond donors (Lipinski definition) is 1. The van der Waals surface area contributed by atoms with E-state index in [-0.39, 0.29) is 11.9 Å². The van der Waals surface area contributed by atoms with Crippen LogP contribution in [0.25, 0.3) is 0 Å². The summed E-state index contributed by atoms with van der Waals surface area (Å²) >= 11 is 0. The fraction of sp³-hybridized carbons (Fsp3) is 0.600. The molecule has 0 bridgehead atoms. The third-order valence-electron chi connectivity index (χ3n) is 3.13. The van der Waals surface area contributed by atoms with Gasteiger partial charge in [0.05, 0.1) is 0 Å². The van der Waals surface area contributed by atoms with E-state index >= 15 is 0 Å². The van der Waals surface area contributed by atoms with Crippen LogP contribution >= 0.6 is 0 Å². The Morgan fingerprint density at radius 1 is 1.22 bits per heavy atom. The lowest BCUT2D eigenvalue weighted by atomic mass is 10.0. The molecule has 0 aliphatic carbocycles. The van der Waals surface area contributed by atoms with E-state index in [1.807, 2.05) is 13.0 Å². The molecule has 0 radical (unpaired) electrons. The van der Waals surface area contributed by atoms with Crippen molar-refractivity contribution in [2.45, 2.75) is 46.6 Å². The van der Waals surface area contributed by atoms with Crippen molar-refractivity contribution in [2.75, 3.05) is 18.0 Å². The van der Waals surface area contributed by atoms with E-state index in [0.29, 0.717) is 5.56 Å². The molecule has 18 heavy (non-hydrogen) atoms. The average Bonchev–Trinajstić information content (AvgIpc) is 2.31. The molecule has 1 rings (SSSR count). The Labute approximate surface area is 110 Å². The first-order valence-electron chi connectivity index (χ1n) is 6.81. The van der Waals surface area contributed by atoms with Crippen LogP contribution in [0.3, 0.4) is 0 Å². The zero-order valence-electron chi connectivity index (χ0n) is 12.0. The molecule has 2 nitrogen and oxygen atoms in total. The summed E-state index contributed by atoms with van der Waals surface area (Å²) in [5, 5.41) is 0. The molecular weight excluding hydrogens is 227 g/mol. The second-order valence-corrected chi connectivity index (χ2v) is 4.94. The fourth-order valence-electron chi connectivity index (χ4n) is 2.21. The Kier molecular flexibility index (Phi) is 5.60.